The van der Waals surface area contributed by atoms with E-state index in [4.69, 9.17) is 5.73 Å². The molecule has 0 aliphatic heterocycles. The van der Waals surface area contributed by atoms with E-state index in [1.807, 2.05) is 20.8 Å². The fourth-order valence-corrected chi connectivity index (χ4v) is 1.13. The SMILES string of the molecule is C=CCN(CC=C)C(=O)[C@@H](N)C(C)(C)C.Cl. The maximum atomic E-state index is 12.0. The first kappa shape index (κ1) is 17.6. The number of halogens is 1. The number of amides is 1. The maximum Gasteiger partial charge on any atom is 0.240 e. The highest BCUT2D eigenvalue weighted by atomic mass is 35.5. The first-order valence-electron chi connectivity index (χ1n) is 5.10. The summed E-state index contributed by atoms with van der Waals surface area (Å²) < 4.78 is 0. The van der Waals surface area contributed by atoms with Gasteiger partial charge in [-0.3, -0.25) is 4.79 Å². The molecule has 0 fully saturated rings. The summed E-state index contributed by atoms with van der Waals surface area (Å²) in [4.78, 5) is 13.6. The van der Waals surface area contributed by atoms with Crippen molar-refractivity contribution < 1.29 is 4.79 Å². The molecule has 0 aromatic rings. The van der Waals surface area contributed by atoms with Gasteiger partial charge in [-0.2, -0.15) is 0 Å². The van der Waals surface area contributed by atoms with Gasteiger partial charge < -0.3 is 10.6 Å². The van der Waals surface area contributed by atoms with Crippen molar-refractivity contribution in [2.75, 3.05) is 13.1 Å². The second kappa shape index (κ2) is 7.47. The van der Waals surface area contributed by atoms with Crippen LogP contribution in [0.15, 0.2) is 25.3 Å². The summed E-state index contributed by atoms with van der Waals surface area (Å²) >= 11 is 0. The Morgan fingerprint density at radius 3 is 1.94 bits per heavy atom. The Morgan fingerprint density at radius 1 is 1.31 bits per heavy atom. The lowest BCUT2D eigenvalue weighted by Gasteiger charge is -2.31. The third-order valence-electron chi connectivity index (χ3n) is 2.21. The van der Waals surface area contributed by atoms with E-state index >= 15 is 0 Å². The molecule has 4 heteroatoms. The number of rotatable bonds is 5. The molecule has 0 rings (SSSR count). The van der Waals surface area contributed by atoms with Crippen molar-refractivity contribution in [3.05, 3.63) is 25.3 Å². The molecule has 0 spiro atoms. The quantitative estimate of drug-likeness (QED) is 0.754. The molecule has 0 saturated heterocycles. The topological polar surface area (TPSA) is 46.3 Å². The van der Waals surface area contributed by atoms with E-state index in [2.05, 4.69) is 13.2 Å². The van der Waals surface area contributed by atoms with Gasteiger partial charge >= 0.3 is 0 Å². The molecule has 16 heavy (non-hydrogen) atoms. The second-order valence-electron chi connectivity index (χ2n) is 4.66. The molecule has 0 unspecified atom stereocenters. The van der Waals surface area contributed by atoms with Crippen LogP contribution in [0.5, 0.6) is 0 Å². The summed E-state index contributed by atoms with van der Waals surface area (Å²) in [5.41, 5.74) is 5.67. The van der Waals surface area contributed by atoms with E-state index in [1.165, 1.54) is 0 Å². The summed E-state index contributed by atoms with van der Waals surface area (Å²) in [7, 11) is 0. The van der Waals surface area contributed by atoms with E-state index in [0.717, 1.165) is 0 Å². The Hall–Kier alpha value is -0.800. The Balaban J connectivity index is 0. The normalized spacial score (nSPS) is 12.2. The molecule has 0 radical (unpaired) electrons. The van der Waals surface area contributed by atoms with E-state index in [0.29, 0.717) is 13.1 Å². The highest BCUT2D eigenvalue weighted by Crippen LogP contribution is 2.19. The Labute approximate surface area is 105 Å². The molecule has 0 aliphatic carbocycles. The van der Waals surface area contributed by atoms with Crippen LogP contribution in [-0.4, -0.2) is 29.9 Å². The van der Waals surface area contributed by atoms with Crippen LogP contribution < -0.4 is 5.73 Å². The first-order valence-corrected chi connectivity index (χ1v) is 5.10. The predicted octanol–water partition coefficient (Wildman–Crippen LogP) is 1.98. The van der Waals surface area contributed by atoms with Crippen LogP contribution in [0.2, 0.25) is 0 Å². The monoisotopic (exact) mass is 246 g/mol. The largest absolute Gasteiger partial charge is 0.334 e. The number of carbonyl (C=O) groups is 1. The second-order valence-corrected chi connectivity index (χ2v) is 4.66. The minimum absolute atomic E-state index is 0. The number of carbonyl (C=O) groups excluding carboxylic acids is 1. The van der Waals surface area contributed by atoms with Crippen molar-refractivity contribution in [2.24, 2.45) is 11.1 Å². The zero-order valence-corrected chi connectivity index (χ0v) is 11.2. The van der Waals surface area contributed by atoms with Crippen LogP contribution >= 0.6 is 12.4 Å². The molecule has 0 bridgehead atoms. The average molecular weight is 247 g/mol. The van der Waals surface area contributed by atoms with Gasteiger partial charge in [0.1, 0.15) is 0 Å². The van der Waals surface area contributed by atoms with Gasteiger partial charge in [-0.05, 0) is 5.41 Å². The molecule has 1 atom stereocenters. The van der Waals surface area contributed by atoms with Gasteiger partial charge in [0, 0.05) is 13.1 Å². The van der Waals surface area contributed by atoms with Crippen molar-refractivity contribution in [3.63, 3.8) is 0 Å². The molecular formula is C12H23ClN2O. The number of hydrogen-bond acceptors (Lipinski definition) is 2. The van der Waals surface area contributed by atoms with Crippen LogP contribution in [0.4, 0.5) is 0 Å². The predicted molar refractivity (Wildman–Crippen MR) is 71.7 cm³/mol. The Kier molecular flexibility index (Phi) is 8.21. The molecule has 0 heterocycles. The molecule has 0 saturated carbocycles. The minimum Gasteiger partial charge on any atom is -0.334 e. The van der Waals surface area contributed by atoms with E-state index in [1.54, 1.807) is 17.1 Å². The summed E-state index contributed by atoms with van der Waals surface area (Å²) in [6.45, 7) is 14.1. The van der Waals surface area contributed by atoms with Crippen molar-refractivity contribution >= 4 is 18.3 Å². The standard InChI is InChI=1S/C12H22N2O.ClH/c1-6-8-14(9-7-2)11(15)10(13)12(3,4)5;/h6-7,10H,1-2,8-9,13H2,3-5H3;1H/t10-;/m1./s1. The Morgan fingerprint density at radius 2 is 1.69 bits per heavy atom. The zero-order chi connectivity index (χ0) is 12.1. The zero-order valence-electron chi connectivity index (χ0n) is 10.4. The van der Waals surface area contributed by atoms with Crippen LogP contribution in [0, 0.1) is 5.41 Å². The van der Waals surface area contributed by atoms with Gasteiger partial charge in [0.2, 0.25) is 5.91 Å². The van der Waals surface area contributed by atoms with Gasteiger partial charge in [-0.25, -0.2) is 0 Å². The van der Waals surface area contributed by atoms with Crippen molar-refractivity contribution in [1.82, 2.24) is 4.90 Å². The van der Waals surface area contributed by atoms with E-state index < -0.39 is 6.04 Å². The molecule has 0 aromatic heterocycles. The fourth-order valence-electron chi connectivity index (χ4n) is 1.13. The third-order valence-corrected chi connectivity index (χ3v) is 2.21. The minimum atomic E-state index is -0.489. The lowest BCUT2D eigenvalue weighted by Crippen LogP contribution is -2.50. The lowest BCUT2D eigenvalue weighted by atomic mass is 9.86. The van der Waals surface area contributed by atoms with Gasteiger partial charge in [0.15, 0.2) is 0 Å². The molecule has 0 aromatic carbocycles. The maximum absolute atomic E-state index is 12.0. The molecule has 3 nitrogen and oxygen atoms in total. The summed E-state index contributed by atoms with van der Waals surface area (Å²) in [6, 6.07) is -0.489. The van der Waals surface area contributed by atoms with Crippen LogP contribution in [0.1, 0.15) is 20.8 Å². The van der Waals surface area contributed by atoms with Gasteiger partial charge in [-0.1, -0.05) is 32.9 Å². The smallest absolute Gasteiger partial charge is 0.240 e. The first-order chi connectivity index (χ1) is 6.84. The summed E-state index contributed by atoms with van der Waals surface area (Å²) in [6.07, 6.45) is 3.38. The fraction of sp³-hybridized carbons (Fsp3) is 0.583. The van der Waals surface area contributed by atoms with Crippen molar-refractivity contribution in [2.45, 2.75) is 26.8 Å². The highest BCUT2D eigenvalue weighted by Gasteiger charge is 2.30. The van der Waals surface area contributed by atoms with Crippen LogP contribution in [0.3, 0.4) is 0 Å². The Bertz CT molecular complexity index is 236. The van der Waals surface area contributed by atoms with Crippen LogP contribution in [0.25, 0.3) is 0 Å². The lowest BCUT2D eigenvalue weighted by molar-refractivity contribution is -0.133. The van der Waals surface area contributed by atoms with E-state index in [9.17, 15) is 4.79 Å². The summed E-state index contributed by atoms with van der Waals surface area (Å²) in [5.74, 6) is -0.0534. The van der Waals surface area contributed by atoms with Crippen molar-refractivity contribution in [3.8, 4) is 0 Å². The summed E-state index contributed by atoms with van der Waals surface area (Å²) in [5, 5.41) is 0. The number of hydrogen-bond donors (Lipinski definition) is 1. The van der Waals surface area contributed by atoms with Crippen molar-refractivity contribution in [1.29, 1.82) is 0 Å². The molecule has 2 N–H and O–H groups in total. The molecular weight excluding hydrogens is 224 g/mol. The molecule has 94 valence electrons. The average Bonchev–Trinajstić information content (AvgIpc) is 2.14. The third kappa shape index (κ3) is 5.33. The van der Waals surface area contributed by atoms with Crippen LogP contribution in [-0.2, 0) is 4.79 Å². The highest BCUT2D eigenvalue weighted by molar-refractivity contribution is 5.85. The van der Waals surface area contributed by atoms with Gasteiger partial charge in [-0.15, -0.1) is 25.6 Å². The molecule has 1 amide bonds. The number of nitrogens with zero attached hydrogens (tertiary/aromatic N) is 1. The van der Waals surface area contributed by atoms with E-state index in [-0.39, 0.29) is 23.7 Å². The van der Waals surface area contributed by atoms with Gasteiger partial charge in [0.05, 0.1) is 6.04 Å². The number of nitrogens with two attached hydrogens (primary N) is 1. The van der Waals surface area contributed by atoms with Gasteiger partial charge in [0.25, 0.3) is 0 Å². The molecule has 0 aliphatic rings.